The lowest BCUT2D eigenvalue weighted by Gasteiger charge is -2.11. The lowest BCUT2D eigenvalue weighted by atomic mass is 9.97. The molecule has 2 heterocycles. The van der Waals surface area contributed by atoms with Crippen LogP contribution in [0.1, 0.15) is 41.8 Å². The van der Waals surface area contributed by atoms with Gasteiger partial charge < -0.3 is 5.11 Å². The lowest BCUT2D eigenvalue weighted by molar-refractivity contribution is 0.0696. The zero-order valence-corrected chi connectivity index (χ0v) is 12.2. The first-order valence-corrected chi connectivity index (χ1v) is 7.42. The van der Waals surface area contributed by atoms with Crippen molar-refractivity contribution in [2.24, 2.45) is 0 Å². The second-order valence-electron chi connectivity index (χ2n) is 4.87. The maximum atomic E-state index is 12.6. The monoisotopic (exact) mass is 325 g/mol. The highest BCUT2D eigenvalue weighted by Crippen LogP contribution is 2.30. The van der Waals surface area contributed by atoms with Crippen molar-refractivity contribution in [3.8, 4) is 5.69 Å². The molecule has 4 rings (SSSR count). The van der Waals surface area contributed by atoms with Crippen LogP contribution in [0.15, 0.2) is 35.7 Å². The van der Waals surface area contributed by atoms with E-state index >= 15 is 0 Å². The van der Waals surface area contributed by atoms with Crippen LogP contribution in [0.25, 0.3) is 5.69 Å². The van der Waals surface area contributed by atoms with Crippen molar-refractivity contribution < 1.29 is 19.5 Å². The highest BCUT2D eigenvalue weighted by molar-refractivity contribution is 7.12. The molecule has 1 aromatic carbocycles. The molecule has 1 aliphatic rings. The predicted octanol–water partition coefficient (Wildman–Crippen LogP) is 1.80. The third-order valence-electron chi connectivity index (χ3n) is 3.58. The minimum atomic E-state index is -1.05. The molecule has 0 spiro atoms. The molecule has 0 bridgehead atoms. The molecule has 0 saturated carbocycles. The van der Waals surface area contributed by atoms with E-state index in [1.54, 1.807) is 11.4 Å². The third kappa shape index (κ3) is 1.85. The number of aromatic nitrogens is 3. The molecule has 0 atom stereocenters. The molecule has 2 aromatic heterocycles. The van der Waals surface area contributed by atoms with Crippen molar-refractivity contribution in [3.05, 3.63) is 63.1 Å². The molecule has 1 N–H and O–H groups in total. The highest BCUT2D eigenvalue weighted by atomic mass is 32.1. The van der Waals surface area contributed by atoms with Crippen molar-refractivity contribution in [2.45, 2.75) is 0 Å². The summed E-state index contributed by atoms with van der Waals surface area (Å²) in [7, 11) is 0. The van der Waals surface area contributed by atoms with Gasteiger partial charge in [0.15, 0.2) is 5.69 Å². The number of thiophene rings is 1. The van der Waals surface area contributed by atoms with Gasteiger partial charge in [0.1, 0.15) is 5.69 Å². The first-order chi connectivity index (χ1) is 11.1. The van der Waals surface area contributed by atoms with Crippen LogP contribution in [-0.4, -0.2) is 37.6 Å². The van der Waals surface area contributed by atoms with E-state index in [-0.39, 0.29) is 28.5 Å². The van der Waals surface area contributed by atoms with E-state index in [1.165, 1.54) is 40.3 Å². The Balaban J connectivity index is 1.87. The van der Waals surface area contributed by atoms with Crippen molar-refractivity contribution in [1.82, 2.24) is 15.0 Å². The Bertz CT molecular complexity index is 985. The van der Waals surface area contributed by atoms with Crippen LogP contribution in [0, 0.1) is 0 Å². The second kappa shape index (κ2) is 4.68. The van der Waals surface area contributed by atoms with Gasteiger partial charge in [-0.2, -0.15) is 0 Å². The van der Waals surface area contributed by atoms with Crippen LogP contribution in [-0.2, 0) is 0 Å². The maximum Gasteiger partial charge on any atom is 0.335 e. The Hall–Kier alpha value is -3.13. The molecular formula is C15H7N3O4S. The molecule has 112 valence electrons. The molecule has 3 aromatic rings. The molecule has 23 heavy (non-hydrogen) atoms. The summed E-state index contributed by atoms with van der Waals surface area (Å²) < 4.78 is 1.27. The summed E-state index contributed by atoms with van der Waals surface area (Å²) in [5.74, 6) is -1.69. The van der Waals surface area contributed by atoms with Crippen molar-refractivity contribution in [3.63, 3.8) is 0 Å². The van der Waals surface area contributed by atoms with Crippen molar-refractivity contribution in [2.75, 3.05) is 0 Å². The van der Waals surface area contributed by atoms with Gasteiger partial charge in [-0.1, -0.05) is 5.21 Å². The number of carbonyl (C=O) groups excluding carboxylic acids is 2. The fraction of sp³-hybridized carbons (Fsp3) is 0. The molecule has 0 amide bonds. The van der Waals surface area contributed by atoms with Gasteiger partial charge in [0.05, 0.1) is 16.1 Å². The molecule has 0 fully saturated rings. The lowest BCUT2D eigenvalue weighted by Crippen LogP contribution is -2.21. The zero-order chi connectivity index (χ0) is 16.1. The van der Waals surface area contributed by atoms with Crippen LogP contribution in [0.5, 0.6) is 0 Å². The van der Waals surface area contributed by atoms with Gasteiger partial charge in [-0.3, -0.25) is 9.59 Å². The van der Waals surface area contributed by atoms with Crippen LogP contribution < -0.4 is 0 Å². The Morgan fingerprint density at radius 3 is 2.52 bits per heavy atom. The zero-order valence-electron chi connectivity index (χ0n) is 11.4. The van der Waals surface area contributed by atoms with E-state index in [0.29, 0.717) is 16.1 Å². The first-order valence-electron chi connectivity index (χ1n) is 6.54. The number of hydrogen-bond acceptors (Lipinski definition) is 6. The Kier molecular flexibility index (Phi) is 2.75. The number of carbonyl (C=O) groups is 3. The number of carboxylic acids is 1. The average Bonchev–Trinajstić information content (AvgIpc) is 3.20. The van der Waals surface area contributed by atoms with Crippen LogP contribution >= 0.6 is 11.3 Å². The van der Waals surface area contributed by atoms with E-state index in [1.807, 2.05) is 0 Å². The van der Waals surface area contributed by atoms with Crippen molar-refractivity contribution >= 4 is 28.9 Å². The molecule has 0 radical (unpaired) electrons. The summed E-state index contributed by atoms with van der Waals surface area (Å²) in [5.41, 5.74) is 1.04. The maximum absolute atomic E-state index is 12.6. The van der Waals surface area contributed by atoms with E-state index in [2.05, 4.69) is 10.3 Å². The van der Waals surface area contributed by atoms with Gasteiger partial charge in [0, 0.05) is 5.56 Å². The van der Waals surface area contributed by atoms with Crippen LogP contribution in [0.3, 0.4) is 0 Å². The molecule has 1 aliphatic carbocycles. The van der Waals surface area contributed by atoms with Gasteiger partial charge in [0.25, 0.3) is 0 Å². The first kappa shape index (κ1) is 13.5. The van der Waals surface area contributed by atoms with Crippen LogP contribution in [0.2, 0.25) is 0 Å². The third-order valence-corrected chi connectivity index (χ3v) is 4.49. The number of benzene rings is 1. The molecule has 0 saturated heterocycles. The van der Waals surface area contributed by atoms with E-state index in [0.717, 1.165) is 0 Å². The minimum Gasteiger partial charge on any atom is -0.478 e. The number of hydrogen-bond donors (Lipinski definition) is 1. The summed E-state index contributed by atoms with van der Waals surface area (Å²) in [6.07, 6.45) is 0. The van der Waals surface area contributed by atoms with Crippen molar-refractivity contribution in [1.29, 1.82) is 0 Å². The largest absolute Gasteiger partial charge is 0.478 e. The smallest absolute Gasteiger partial charge is 0.335 e. The highest BCUT2D eigenvalue weighted by Gasteiger charge is 2.36. The van der Waals surface area contributed by atoms with E-state index in [9.17, 15) is 14.4 Å². The number of ketones is 2. The normalized spacial score (nSPS) is 12.9. The second-order valence-corrected chi connectivity index (χ2v) is 5.79. The number of carboxylic acid groups (broad SMARTS) is 1. The summed E-state index contributed by atoms with van der Waals surface area (Å²) in [6, 6.07) is 7.43. The fourth-order valence-corrected chi connectivity index (χ4v) is 3.30. The molecule has 0 unspecified atom stereocenters. The molecule has 0 aliphatic heterocycles. The van der Waals surface area contributed by atoms with Gasteiger partial charge in [-0.15, -0.1) is 16.4 Å². The number of aromatic carboxylic acids is 1. The van der Waals surface area contributed by atoms with Crippen LogP contribution in [0.4, 0.5) is 0 Å². The van der Waals surface area contributed by atoms with Gasteiger partial charge in [-0.25, -0.2) is 9.48 Å². The Labute approximate surface area is 132 Å². The van der Waals surface area contributed by atoms with E-state index < -0.39 is 5.97 Å². The number of rotatable bonds is 2. The summed E-state index contributed by atoms with van der Waals surface area (Å²) >= 11 is 1.20. The molecule has 8 heteroatoms. The summed E-state index contributed by atoms with van der Waals surface area (Å²) in [5, 5.41) is 18.3. The Morgan fingerprint density at radius 1 is 1.09 bits per heavy atom. The van der Waals surface area contributed by atoms with Gasteiger partial charge >= 0.3 is 5.97 Å². The van der Waals surface area contributed by atoms with Gasteiger partial charge in [-0.05, 0) is 35.7 Å². The SMILES string of the molecule is O=C(O)c1ccc(-n2nnc3c2C(=O)c2ccsc2C3=O)cc1. The number of nitrogens with zero attached hydrogens (tertiary/aromatic N) is 3. The molecule has 7 nitrogen and oxygen atoms in total. The topological polar surface area (TPSA) is 102 Å². The average molecular weight is 325 g/mol. The fourth-order valence-electron chi connectivity index (χ4n) is 2.46. The Morgan fingerprint density at radius 2 is 1.83 bits per heavy atom. The summed E-state index contributed by atoms with van der Waals surface area (Å²) in [4.78, 5) is 36.2. The standard InChI is InChI=1S/C15H7N3O4S/c19-12-9-5-6-23-14(9)13(20)10-11(12)18(17-16-10)8-3-1-7(2-4-8)15(21)22/h1-6H,(H,21,22). The van der Waals surface area contributed by atoms with E-state index in [4.69, 9.17) is 5.11 Å². The molecular weight excluding hydrogens is 318 g/mol. The van der Waals surface area contributed by atoms with Gasteiger partial charge in [0.2, 0.25) is 11.6 Å². The summed E-state index contributed by atoms with van der Waals surface area (Å²) in [6.45, 7) is 0. The predicted molar refractivity (Wildman–Crippen MR) is 79.5 cm³/mol. The quantitative estimate of drug-likeness (QED) is 0.603. The minimum absolute atomic E-state index is 0.0206. The number of fused-ring (bicyclic) bond motifs is 2.